The third kappa shape index (κ3) is 23.7. The summed E-state index contributed by atoms with van der Waals surface area (Å²) in [5.41, 5.74) is 0. The van der Waals surface area contributed by atoms with Gasteiger partial charge in [-0.1, -0.05) is 162 Å². The van der Waals surface area contributed by atoms with Crippen LogP contribution >= 0.6 is 0 Å². The molecule has 0 aliphatic rings. The summed E-state index contributed by atoms with van der Waals surface area (Å²) >= 11 is 0. The van der Waals surface area contributed by atoms with Crippen molar-refractivity contribution >= 4 is 0 Å². The molecule has 0 unspecified atom stereocenters. The van der Waals surface area contributed by atoms with Gasteiger partial charge in [0, 0.05) is 0 Å². The van der Waals surface area contributed by atoms with Crippen molar-refractivity contribution in [3.63, 3.8) is 0 Å². The average Bonchev–Trinajstić information content (AvgIpc) is 2.71. The lowest BCUT2D eigenvalue weighted by atomic mass is 10.1. The van der Waals surface area contributed by atoms with Gasteiger partial charge in [0.25, 0.3) is 0 Å². The Bertz CT molecular complexity index is 559. The maximum Gasteiger partial charge on any atom is -0.0348 e. The first-order valence-corrected chi connectivity index (χ1v) is 10.9. The molecule has 0 atom stereocenters. The lowest BCUT2D eigenvalue weighted by Gasteiger charge is -1.99. The molecule has 0 heterocycles. The van der Waals surface area contributed by atoms with Crippen molar-refractivity contribution in [3.8, 4) is 0 Å². The number of allylic oxidation sites excluding steroid dienone is 17. The number of hydrogen-bond donors (Lipinski definition) is 0. The third-order valence-electron chi connectivity index (χ3n) is 4.05. The topological polar surface area (TPSA) is 0 Å². The summed E-state index contributed by atoms with van der Waals surface area (Å²) in [6, 6.07) is 0. The van der Waals surface area contributed by atoms with E-state index in [1.165, 1.54) is 57.8 Å². The molecule has 0 bridgehead atoms. The first-order chi connectivity index (χ1) is 13.9. The van der Waals surface area contributed by atoms with Crippen LogP contribution in [-0.4, -0.2) is 0 Å². The van der Waals surface area contributed by atoms with Crippen molar-refractivity contribution in [3.05, 3.63) is 110 Å². The van der Waals surface area contributed by atoms with Gasteiger partial charge in [-0.3, -0.25) is 0 Å². The van der Waals surface area contributed by atoms with Gasteiger partial charge in [-0.15, -0.1) is 0 Å². The fourth-order valence-corrected chi connectivity index (χ4v) is 2.48. The number of hydrogen-bond acceptors (Lipinski definition) is 0. The molecule has 0 saturated carbocycles. The van der Waals surface area contributed by atoms with Gasteiger partial charge in [-0.2, -0.15) is 0 Å². The second-order valence-corrected chi connectivity index (χ2v) is 6.62. The van der Waals surface area contributed by atoms with Gasteiger partial charge in [0.1, 0.15) is 0 Å². The molecule has 0 aromatic rings. The molecule has 0 aliphatic heterocycles. The normalized spacial score (nSPS) is 13.5. The highest BCUT2D eigenvalue weighted by atomic mass is 14.0. The van der Waals surface area contributed by atoms with Crippen LogP contribution < -0.4 is 0 Å². The minimum Gasteiger partial charge on any atom is -0.0991 e. The van der Waals surface area contributed by atoms with Crippen LogP contribution in [0.25, 0.3) is 0 Å². The molecule has 28 heavy (non-hydrogen) atoms. The zero-order chi connectivity index (χ0) is 20.4. The van der Waals surface area contributed by atoms with Gasteiger partial charge in [0.05, 0.1) is 0 Å². The predicted octanol–water partition coefficient (Wildman–Crippen LogP) is 9.15. The first kappa shape index (κ1) is 25.7. The van der Waals surface area contributed by atoms with Crippen molar-refractivity contribution in [2.45, 2.75) is 64.7 Å². The second-order valence-electron chi connectivity index (χ2n) is 6.62. The molecular formula is C28H40. The fraction of sp³-hybridized carbons (Fsp3) is 0.357. The monoisotopic (exact) mass is 376 g/mol. The van der Waals surface area contributed by atoms with Crippen molar-refractivity contribution < 1.29 is 0 Å². The molecule has 0 heteroatoms. The van der Waals surface area contributed by atoms with Crippen LogP contribution in [0.5, 0.6) is 0 Å². The van der Waals surface area contributed by atoms with E-state index in [-0.39, 0.29) is 0 Å². The molecule has 0 aliphatic carbocycles. The Balaban J connectivity index is 3.62. The lowest BCUT2D eigenvalue weighted by molar-refractivity contribution is 0.577. The van der Waals surface area contributed by atoms with Crippen molar-refractivity contribution in [1.29, 1.82) is 0 Å². The van der Waals surface area contributed by atoms with E-state index in [2.05, 4.69) is 43.9 Å². The molecule has 0 radical (unpaired) electrons. The SMILES string of the molecule is C=CC=CC=CC=CC=CC=CC=CC=CC=CCCCCCCCCCC. The standard InChI is InChI=1S/C28H40/c1-3-5-7-9-11-13-15-17-19-21-23-25-27-28-26-24-22-20-18-16-14-12-10-8-6-4-2/h3,5,7,9,11,13,15,17,19,21-28H,1,4,6,8,10,12,14,16,18,20H2,2H3. The summed E-state index contributed by atoms with van der Waals surface area (Å²) in [5.74, 6) is 0. The third-order valence-corrected chi connectivity index (χ3v) is 4.05. The quantitative estimate of drug-likeness (QED) is 0.175. The average molecular weight is 377 g/mol. The van der Waals surface area contributed by atoms with Crippen LogP contribution in [-0.2, 0) is 0 Å². The predicted molar refractivity (Wildman–Crippen MR) is 131 cm³/mol. The Labute approximate surface area is 174 Å². The number of unbranched alkanes of at least 4 members (excludes halogenated alkanes) is 8. The minimum atomic E-state index is 1.20. The summed E-state index contributed by atoms with van der Waals surface area (Å²) in [4.78, 5) is 0. The van der Waals surface area contributed by atoms with Gasteiger partial charge in [0.2, 0.25) is 0 Å². The van der Waals surface area contributed by atoms with E-state index in [0.29, 0.717) is 0 Å². The van der Waals surface area contributed by atoms with Crippen LogP contribution in [0.2, 0.25) is 0 Å². The van der Waals surface area contributed by atoms with Gasteiger partial charge in [-0.05, 0) is 12.8 Å². The van der Waals surface area contributed by atoms with Crippen molar-refractivity contribution in [2.75, 3.05) is 0 Å². The molecule has 0 amide bonds. The van der Waals surface area contributed by atoms with Gasteiger partial charge in [-0.25, -0.2) is 0 Å². The van der Waals surface area contributed by atoms with Crippen molar-refractivity contribution in [1.82, 2.24) is 0 Å². The summed E-state index contributed by atoms with van der Waals surface area (Å²) in [5, 5.41) is 0. The minimum absolute atomic E-state index is 1.20. The van der Waals surface area contributed by atoms with Crippen LogP contribution in [0.3, 0.4) is 0 Å². The van der Waals surface area contributed by atoms with E-state index in [1.807, 2.05) is 66.8 Å². The summed E-state index contributed by atoms with van der Waals surface area (Å²) in [6.07, 6.45) is 46.6. The molecule has 0 rings (SSSR count). The second kappa shape index (κ2) is 24.7. The van der Waals surface area contributed by atoms with Crippen LogP contribution in [0.4, 0.5) is 0 Å². The Morgan fingerprint density at radius 3 is 1.21 bits per heavy atom. The molecule has 0 nitrogen and oxygen atoms in total. The molecule has 0 aromatic heterocycles. The summed E-state index contributed by atoms with van der Waals surface area (Å²) in [6.45, 7) is 5.89. The number of rotatable bonds is 17. The van der Waals surface area contributed by atoms with Crippen LogP contribution in [0, 0.1) is 0 Å². The van der Waals surface area contributed by atoms with Gasteiger partial charge in [0.15, 0.2) is 0 Å². The molecule has 0 aromatic carbocycles. The van der Waals surface area contributed by atoms with E-state index in [1.54, 1.807) is 6.08 Å². The molecular weight excluding hydrogens is 336 g/mol. The Morgan fingerprint density at radius 2 is 0.786 bits per heavy atom. The van der Waals surface area contributed by atoms with E-state index >= 15 is 0 Å². The maximum absolute atomic E-state index is 3.62. The molecule has 0 fully saturated rings. The highest BCUT2D eigenvalue weighted by molar-refractivity contribution is 5.21. The van der Waals surface area contributed by atoms with Gasteiger partial charge < -0.3 is 0 Å². The molecule has 152 valence electrons. The largest absolute Gasteiger partial charge is 0.0991 e. The molecule has 0 N–H and O–H groups in total. The van der Waals surface area contributed by atoms with Crippen LogP contribution in [0.15, 0.2) is 110 Å². The van der Waals surface area contributed by atoms with E-state index in [4.69, 9.17) is 0 Å². The molecule has 0 spiro atoms. The zero-order valence-corrected chi connectivity index (χ0v) is 17.9. The van der Waals surface area contributed by atoms with E-state index in [9.17, 15) is 0 Å². The van der Waals surface area contributed by atoms with Gasteiger partial charge >= 0.3 is 0 Å². The fourth-order valence-electron chi connectivity index (χ4n) is 2.48. The van der Waals surface area contributed by atoms with E-state index in [0.717, 1.165) is 0 Å². The summed E-state index contributed by atoms with van der Waals surface area (Å²) in [7, 11) is 0. The van der Waals surface area contributed by atoms with E-state index < -0.39 is 0 Å². The molecule has 0 saturated heterocycles. The smallest absolute Gasteiger partial charge is 0.0348 e. The zero-order valence-electron chi connectivity index (χ0n) is 17.9. The Hall–Kier alpha value is -2.34. The van der Waals surface area contributed by atoms with Crippen LogP contribution in [0.1, 0.15) is 64.7 Å². The highest BCUT2D eigenvalue weighted by Gasteiger charge is 1.89. The van der Waals surface area contributed by atoms with Crippen molar-refractivity contribution in [2.24, 2.45) is 0 Å². The highest BCUT2D eigenvalue weighted by Crippen LogP contribution is 2.09. The lowest BCUT2D eigenvalue weighted by Crippen LogP contribution is -1.79. The Kier molecular flexibility index (Phi) is 22.6. The summed E-state index contributed by atoms with van der Waals surface area (Å²) < 4.78 is 0. The first-order valence-electron chi connectivity index (χ1n) is 10.9. The Morgan fingerprint density at radius 1 is 0.429 bits per heavy atom. The maximum atomic E-state index is 3.62.